The Balaban J connectivity index is 1.59. The predicted molar refractivity (Wildman–Crippen MR) is 128 cm³/mol. The van der Waals surface area contributed by atoms with Crippen LogP contribution in [0, 0.1) is 33.5 Å². The van der Waals surface area contributed by atoms with Gasteiger partial charge in [0.05, 0.1) is 42.2 Å². The topological polar surface area (TPSA) is 164 Å². The number of aliphatic hydroxyl groups excluding tert-OH is 4. The molecule has 0 aromatic carbocycles. The Labute approximate surface area is 219 Å². The van der Waals surface area contributed by atoms with Crippen LogP contribution in [0.15, 0.2) is 34.3 Å². The number of allylic oxidation sites excluding steroid dienone is 1. The van der Waals surface area contributed by atoms with E-state index in [4.69, 9.17) is 13.9 Å². The summed E-state index contributed by atoms with van der Waals surface area (Å²) in [6.45, 7) is 6.02. The van der Waals surface area contributed by atoms with Gasteiger partial charge >= 0.3 is 5.97 Å². The second-order valence-corrected chi connectivity index (χ2v) is 12.6. The minimum atomic E-state index is -1.40. The van der Waals surface area contributed by atoms with Gasteiger partial charge in [-0.25, -0.2) is 0 Å². The lowest BCUT2D eigenvalue weighted by molar-refractivity contribution is -0.340. The maximum absolute atomic E-state index is 14.2. The molecule has 6 rings (SSSR count). The van der Waals surface area contributed by atoms with E-state index in [-0.39, 0.29) is 37.2 Å². The Hall–Kier alpha value is -2.53. The first kappa shape index (κ1) is 25.7. The number of fused-ring (bicyclic) bond motifs is 3. The molecule has 1 aromatic rings. The van der Waals surface area contributed by atoms with Crippen molar-refractivity contribution in [1.29, 1.82) is 0 Å². The number of ether oxygens (including phenoxy) is 2. The van der Waals surface area contributed by atoms with Crippen LogP contribution < -0.4 is 0 Å². The highest BCUT2D eigenvalue weighted by Crippen LogP contribution is 2.74. The van der Waals surface area contributed by atoms with Crippen molar-refractivity contribution in [3.63, 3.8) is 0 Å². The summed E-state index contributed by atoms with van der Waals surface area (Å²) in [6.07, 6.45) is -1.84. The van der Waals surface area contributed by atoms with Crippen molar-refractivity contribution in [3.8, 4) is 0 Å². The molecule has 0 spiro atoms. The fraction of sp³-hybridized carbons (Fsp3) is 0.679. The largest absolute Gasteiger partial charge is 0.504 e. The number of carbonyl (C=O) groups excluding carboxylic acids is 3. The summed E-state index contributed by atoms with van der Waals surface area (Å²) in [4.78, 5) is 39.9. The highest BCUT2D eigenvalue weighted by Gasteiger charge is 2.78. The monoisotopic (exact) mass is 530 g/mol. The van der Waals surface area contributed by atoms with E-state index in [1.54, 1.807) is 26.8 Å². The molecule has 0 radical (unpaired) electrons. The normalized spacial score (nSPS) is 49.8. The molecule has 1 aromatic heterocycles. The Kier molecular flexibility index (Phi) is 5.27. The Morgan fingerprint density at radius 2 is 1.79 bits per heavy atom. The number of hydrogen-bond acceptors (Lipinski definition) is 10. The van der Waals surface area contributed by atoms with Gasteiger partial charge in [-0.05, 0) is 29.5 Å². The van der Waals surface area contributed by atoms with E-state index < -0.39 is 81.5 Å². The third-order valence-corrected chi connectivity index (χ3v) is 11.1. The summed E-state index contributed by atoms with van der Waals surface area (Å²) < 4.78 is 16.6. The second kappa shape index (κ2) is 7.78. The lowest BCUT2D eigenvalue weighted by Crippen LogP contribution is -2.75. The highest BCUT2D eigenvalue weighted by molar-refractivity contribution is 6.07. The standard InChI is InChI=1S/C28H34O10/c1-12(29)38-19-9-18(32)28-11-37-24(35)26(19,3)16(28)8-17(31)27(4)21-15(30)7-14(13-5-6-36-10-13)25(21,2)23(34)20(33)22(27)28/h5-6,10,14,16-19,21,24,31-33,35H,7-9,11H2,1-4H3/t14-,16-,17+,18-,19+,21+,24+,25-,26+,27-,28+/m0/s1. The summed E-state index contributed by atoms with van der Waals surface area (Å²) in [7, 11) is 0. The van der Waals surface area contributed by atoms with E-state index >= 15 is 0 Å². The number of Topliss-reactive ketones (excluding diaryl/α,β-unsaturated/α-hetero) is 2. The molecule has 0 amide bonds. The highest BCUT2D eigenvalue weighted by atomic mass is 16.6. The van der Waals surface area contributed by atoms with Crippen molar-refractivity contribution < 1.29 is 48.7 Å². The van der Waals surface area contributed by atoms with Crippen LogP contribution in [-0.2, 0) is 23.9 Å². The van der Waals surface area contributed by atoms with Gasteiger partial charge in [-0.2, -0.15) is 0 Å². The third kappa shape index (κ3) is 2.69. The smallest absolute Gasteiger partial charge is 0.302 e. The van der Waals surface area contributed by atoms with E-state index in [1.807, 2.05) is 0 Å². The summed E-state index contributed by atoms with van der Waals surface area (Å²) in [5.41, 5.74) is -4.65. The number of furan rings is 1. The average molecular weight is 531 g/mol. The number of carbonyl (C=O) groups is 3. The van der Waals surface area contributed by atoms with Gasteiger partial charge in [0.1, 0.15) is 11.9 Å². The molecular formula is C28H34O10. The van der Waals surface area contributed by atoms with Crippen LogP contribution in [0.4, 0.5) is 0 Å². The molecular weight excluding hydrogens is 496 g/mol. The lowest BCUT2D eigenvalue weighted by atomic mass is 9.37. The molecule has 11 atom stereocenters. The minimum absolute atomic E-state index is 0.0312. The quantitative estimate of drug-likeness (QED) is 0.414. The number of ketones is 2. The summed E-state index contributed by atoms with van der Waals surface area (Å²) in [5, 5.41) is 46.4. The van der Waals surface area contributed by atoms with E-state index in [1.165, 1.54) is 19.5 Å². The van der Waals surface area contributed by atoms with Gasteiger partial charge in [0.15, 0.2) is 12.0 Å². The van der Waals surface area contributed by atoms with Gasteiger partial charge in [0, 0.05) is 42.4 Å². The molecule has 206 valence electrons. The van der Waals surface area contributed by atoms with E-state index in [2.05, 4.69) is 0 Å². The number of aliphatic hydroxyl groups is 4. The van der Waals surface area contributed by atoms with Crippen LogP contribution in [-0.4, -0.2) is 69.2 Å². The maximum atomic E-state index is 14.2. The lowest BCUT2D eigenvalue weighted by Gasteiger charge is -2.70. The van der Waals surface area contributed by atoms with Gasteiger partial charge in [0.2, 0.25) is 5.78 Å². The first-order valence-corrected chi connectivity index (χ1v) is 13.1. The van der Waals surface area contributed by atoms with Gasteiger partial charge < -0.3 is 34.3 Å². The second-order valence-electron chi connectivity index (χ2n) is 12.6. The maximum Gasteiger partial charge on any atom is 0.302 e. The van der Waals surface area contributed by atoms with E-state index in [0.29, 0.717) is 5.56 Å². The first-order chi connectivity index (χ1) is 17.8. The van der Waals surface area contributed by atoms with Gasteiger partial charge in [0.25, 0.3) is 0 Å². The van der Waals surface area contributed by atoms with Crippen LogP contribution in [0.2, 0.25) is 0 Å². The molecule has 4 aliphatic carbocycles. The van der Waals surface area contributed by atoms with E-state index in [9.17, 15) is 34.8 Å². The van der Waals surface area contributed by atoms with Crippen molar-refractivity contribution in [3.05, 3.63) is 35.5 Å². The molecule has 2 bridgehead atoms. The minimum Gasteiger partial charge on any atom is -0.504 e. The van der Waals surface area contributed by atoms with Crippen molar-refractivity contribution in [1.82, 2.24) is 0 Å². The number of rotatable bonds is 2. The summed E-state index contributed by atoms with van der Waals surface area (Å²) >= 11 is 0. The predicted octanol–water partition coefficient (Wildman–Crippen LogP) is 1.78. The van der Waals surface area contributed by atoms with Gasteiger partial charge in [-0.3, -0.25) is 14.4 Å². The zero-order chi connectivity index (χ0) is 27.6. The molecule has 4 fully saturated rings. The molecule has 0 unspecified atom stereocenters. The molecule has 1 aliphatic heterocycles. The van der Waals surface area contributed by atoms with Crippen molar-refractivity contribution in [2.24, 2.45) is 33.5 Å². The molecule has 3 saturated carbocycles. The van der Waals surface area contributed by atoms with Gasteiger partial charge in [-0.15, -0.1) is 0 Å². The Bertz CT molecular complexity index is 1250. The van der Waals surface area contributed by atoms with Crippen molar-refractivity contribution in [2.45, 2.75) is 77.5 Å². The third-order valence-electron chi connectivity index (χ3n) is 11.1. The Morgan fingerprint density at radius 3 is 2.42 bits per heavy atom. The molecule has 4 N–H and O–H groups in total. The van der Waals surface area contributed by atoms with Crippen LogP contribution in [0.3, 0.4) is 0 Å². The van der Waals surface area contributed by atoms with Crippen LogP contribution in [0.5, 0.6) is 0 Å². The molecule has 10 nitrogen and oxygen atoms in total. The van der Waals surface area contributed by atoms with Crippen molar-refractivity contribution >= 4 is 17.5 Å². The van der Waals surface area contributed by atoms with Crippen LogP contribution >= 0.6 is 0 Å². The van der Waals surface area contributed by atoms with Gasteiger partial charge in [-0.1, -0.05) is 20.8 Å². The first-order valence-electron chi connectivity index (χ1n) is 13.1. The average Bonchev–Trinajstić information content (AvgIpc) is 3.46. The molecule has 5 aliphatic rings. The zero-order valence-electron chi connectivity index (χ0n) is 21.8. The number of esters is 1. The molecule has 10 heteroatoms. The SMILES string of the molecule is CC(=O)O[C@@H]1C[C@H](O)[C@@]23CO[C@@H](O)[C@]1(C)[C@@H]2C[C@@H](O)[C@]1(C)C3=C(O)C(=O)[C@]2(C)[C@H]1C(=O)C[C@H]2c1ccoc1. The zero-order valence-corrected chi connectivity index (χ0v) is 21.8. The fourth-order valence-corrected chi connectivity index (χ4v) is 9.42. The van der Waals surface area contributed by atoms with Crippen molar-refractivity contribution in [2.75, 3.05) is 6.61 Å². The summed E-state index contributed by atoms with van der Waals surface area (Å²) in [6, 6.07) is 1.70. The molecule has 2 heterocycles. The molecule has 1 saturated heterocycles. The van der Waals surface area contributed by atoms with Crippen LogP contribution in [0.25, 0.3) is 0 Å². The fourth-order valence-electron chi connectivity index (χ4n) is 9.42. The molecule has 38 heavy (non-hydrogen) atoms. The Morgan fingerprint density at radius 1 is 1.08 bits per heavy atom. The summed E-state index contributed by atoms with van der Waals surface area (Å²) in [5.74, 6) is -4.28. The number of hydrogen-bond donors (Lipinski definition) is 4. The van der Waals surface area contributed by atoms with E-state index in [0.717, 1.165) is 0 Å². The van der Waals surface area contributed by atoms with Crippen LogP contribution in [0.1, 0.15) is 58.4 Å².